The highest BCUT2D eigenvalue weighted by atomic mass is 19.3. The van der Waals surface area contributed by atoms with Gasteiger partial charge in [0.15, 0.2) is 0 Å². The van der Waals surface area contributed by atoms with Gasteiger partial charge in [-0.15, -0.1) is 0 Å². The van der Waals surface area contributed by atoms with E-state index in [1.807, 2.05) is 0 Å². The van der Waals surface area contributed by atoms with E-state index in [-0.39, 0.29) is 17.0 Å². The quantitative estimate of drug-likeness (QED) is 0.724. The van der Waals surface area contributed by atoms with Gasteiger partial charge < -0.3 is 9.47 Å². The number of carbonyl (C=O) groups excluding carboxylic acids is 1. The van der Waals surface area contributed by atoms with E-state index in [4.69, 9.17) is 0 Å². The first-order valence-electron chi connectivity index (χ1n) is 4.00. The average molecular weight is 217 g/mol. The van der Waals surface area contributed by atoms with Gasteiger partial charge in [-0.2, -0.15) is 0 Å². The number of ether oxygens (including phenoxy) is 2. The molecule has 0 spiro atoms. The van der Waals surface area contributed by atoms with Crippen LogP contribution in [0.5, 0.6) is 5.75 Å². The minimum atomic E-state index is -2.73. The lowest BCUT2D eigenvalue weighted by atomic mass is 10.2. The van der Waals surface area contributed by atoms with E-state index in [0.29, 0.717) is 0 Å². The van der Waals surface area contributed by atoms with E-state index in [1.165, 1.54) is 7.11 Å². The maximum Gasteiger partial charge on any atom is 0.356 e. The number of alkyl halides is 2. The standard InChI is InChI=1S/C9H9F2NO3/c1-14-7-4-12-6(9(13)15-2)3-5(7)8(10)11/h3-4,8H,1-2H3. The molecule has 0 aromatic carbocycles. The Kier molecular flexibility index (Phi) is 3.54. The third-order valence-electron chi connectivity index (χ3n) is 1.75. The molecule has 4 nitrogen and oxygen atoms in total. The van der Waals surface area contributed by atoms with E-state index in [1.54, 1.807) is 0 Å². The zero-order valence-electron chi connectivity index (χ0n) is 8.16. The number of nitrogens with zero attached hydrogens (tertiary/aromatic N) is 1. The fourth-order valence-corrected chi connectivity index (χ4v) is 1.02. The Morgan fingerprint density at radius 3 is 2.60 bits per heavy atom. The molecule has 0 aliphatic rings. The van der Waals surface area contributed by atoms with Crippen LogP contribution in [0, 0.1) is 0 Å². The number of halogens is 2. The summed E-state index contributed by atoms with van der Waals surface area (Å²) in [4.78, 5) is 14.6. The summed E-state index contributed by atoms with van der Waals surface area (Å²) in [5, 5.41) is 0. The first-order chi connectivity index (χ1) is 7.10. The van der Waals surface area contributed by atoms with E-state index in [2.05, 4.69) is 14.5 Å². The minimum absolute atomic E-state index is 0.0577. The highest BCUT2D eigenvalue weighted by molar-refractivity contribution is 5.87. The maximum atomic E-state index is 12.5. The van der Waals surface area contributed by atoms with Crippen molar-refractivity contribution in [2.24, 2.45) is 0 Å². The second-order valence-electron chi connectivity index (χ2n) is 2.60. The van der Waals surface area contributed by atoms with Crippen molar-refractivity contribution < 1.29 is 23.0 Å². The summed E-state index contributed by atoms with van der Waals surface area (Å²) in [6.45, 7) is 0. The molecule has 82 valence electrons. The smallest absolute Gasteiger partial charge is 0.356 e. The monoisotopic (exact) mass is 217 g/mol. The molecule has 0 amide bonds. The van der Waals surface area contributed by atoms with Gasteiger partial charge in [0.1, 0.15) is 11.4 Å². The summed E-state index contributed by atoms with van der Waals surface area (Å²) in [5.41, 5.74) is -0.554. The largest absolute Gasteiger partial charge is 0.495 e. The average Bonchev–Trinajstić information content (AvgIpc) is 2.27. The molecule has 0 aliphatic carbocycles. The number of methoxy groups -OCH3 is 2. The summed E-state index contributed by atoms with van der Waals surface area (Å²) in [5.74, 6) is -0.822. The molecule has 0 saturated heterocycles. The second-order valence-corrected chi connectivity index (χ2v) is 2.60. The Morgan fingerprint density at radius 1 is 1.47 bits per heavy atom. The molecule has 0 unspecified atom stereocenters. The maximum absolute atomic E-state index is 12.5. The van der Waals surface area contributed by atoms with Crippen LogP contribution in [0.4, 0.5) is 8.78 Å². The lowest BCUT2D eigenvalue weighted by molar-refractivity contribution is 0.0593. The Hall–Kier alpha value is -1.72. The summed E-state index contributed by atoms with van der Waals surface area (Å²) < 4.78 is 34.0. The van der Waals surface area contributed by atoms with Crippen molar-refractivity contribution in [3.63, 3.8) is 0 Å². The fraction of sp³-hybridized carbons (Fsp3) is 0.333. The number of aromatic nitrogens is 1. The molecule has 1 aromatic heterocycles. The molecule has 1 rings (SSSR count). The van der Waals surface area contributed by atoms with Crippen molar-refractivity contribution in [1.82, 2.24) is 4.98 Å². The molecule has 0 atom stereocenters. The number of pyridine rings is 1. The predicted molar refractivity (Wildman–Crippen MR) is 47.1 cm³/mol. The Morgan fingerprint density at radius 2 is 2.13 bits per heavy atom. The van der Waals surface area contributed by atoms with Crippen molar-refractivity contribution in [3.05, 3.63) is 23.5 Å². The van der Waals surface area contributed by atoms with Gasteiger partial charge in [0.2, 0.25) is 0 Å². The number of esters is 1. The number of carbonyl (C=O) groups is 1. The summed E-state index contributed by atoms with van der Waals surface area (Å²) in [6, 6.07) is 0.954. The lowest BCUT2D eigenvalue weighted by Gasteiger charge is -2.07. The molecule has 15 heavy (non-hydrogen) atoms. The van der Waals surface area contributed by atoms with E-state index < -0.39 is 12.4 Å². The van der Waals surface area contributed by atoms with E-state index in [9.17, 15) is 13.6 Å². The number of hydrogen-bond donors (Lipinski definition) is 0. The van der Waals surface area contributed by atoms with Crippen molar-refractivity contribution >= 4 is 5.97 Å². The van der Waals surface area contributed by atoms with Gasteiger partial charge in [-0.1, -0.05) is 0 Å². The number of hydrogen-bond acceptors (Lipinski definition) is 4. The third kappa shape index (κ3) is 2.39. The van der Waals surface area contributed by atoms with Crippen LogP contribution < -0.4 is 4.74 Å². The predicted octanol–water partition coefficient (Wildman–Crippen LogP) is 1.81. The molecule has 0 saturated carbocycles. The molecular weight excluding hydrogens is 208 g/mol. The van der Waals surface area contributed by atoms with Crippen molar-refractivity contribution in [3.8, 4) is 5.75 Å². The van der Waals surface area contributed by atoms with Gasteiger partial charge in [0, 0.05) is 0 Å². The normalized spacial score (nSPS) is 10.2. The summed E-state index contributed by atoms with van der Waals surface area (Å²) in [7, 11) is 2.40. The fourth-order valence-electron chi connectivity index (χ4n) is 1.02. The van der Waals surface area contributed by atoms with Crippen LogP contribution in [0.25, 0.3) is 0 Å². The molecular formula is C9H9F2NO3. The molecule has 1 aromatic rings. The van der Waals surface area contributed by atoms with Crippen molar-refractivity contribution in [2.45, 2.75) is 6.43 Å². The van der Waals surface area contributed by atoms with Crippen LogP contribution in [-0.2, 0) is 4.74 Å². The van der Waals surface area contributed by atoms with Crippen molar-refractivity contribution in [2.75, 3.05) is 14.2 Å². The van der Waals surface area contributed by atoms with Gasteiger partial charge in [-0.25, -0.2) is 18.6 Å². The Labute approximate surface area is 84.8 Å². The first kappa shape index (κ1) is 11.4. The van der Waals surface area contributed by atoms with Gasteiger partial charge in [0.05, 0.1) is 26.0 Å². The van der Waals surface area contributed by atoms with E-state index in [0.717, 1.165) is 19.4 Å². The van der Waals surface area contributed by atoms with Crippen LogP contribution in [0.15, 0.2) is 12.3 Å². The molecule has 0 bridgehead atoms. The first-order valence-corrected chi connectivity index (χ1v) is 4.00. The van der Waals surface area contributed by atoms with Crippen LogP contribution in [0.3, 0.4) is 0 Å². The molecule has 6 heteroatoms. The Bertz CT molecular complexity index is 368. The summed E-state index contributed by atoms with van der Waals surface area (Å²) in [6.07, 6.45) is -1.67. The highest BCUT2D eigenvalue weighted by Gasteiger charge is 2.18. The lowest BCUT2D eigenvalue weighted by Crippen LogP contribution is -2.06. The highest BCUT2D eigenvalue weighted by Crippen LogP contribution is 2.28. The molecule has 0 radical (unpaired) electrons. The molecule has 0 fully saturated rings. The molecule has 0 aliphatic heterocycles. The van der Waals surface area contributed by atoms with Gasteiger partial charge in [-0.05, 0) is 6.07 Å². The van der Waals surface area contributed by atoms with Gasteiger partial charge >= 0.3 is 5.97 Å². The van der Waals surface area contributed by atoms with Crippen LogP contribution in [0.1, 0.15) is 22.5 Å². The zero-order valence-corrected chi connectivity index (χ0v) is 8.16. The SMILES string of the molecule is COC(=O)c1cc(C(F)F)c(OC)cn1. The number of rotatable bonds is 3. The zero-order chi connectivity index (χ0) is 11.4. The van der Waals surface area contributed by atoms with Crippen LogP contribution in [-0.4, -0.2) is 25.2 Å². The van der Waals surface area contributed by atoms with Gasteiger partial charge in [0.25, 0.3) is 6.43 Å². The van der Waals surface area contributed by atoms with E-state index >= 15 is 0 Å². The van der Waals surface area contributed by atoms with Crippen LogP contribution >= 0.6 is 0 Å². The third-order valence-corrected chi connectivity index (χ3v) is 1.75. The Balaban J connectivity index is 3.16. The minimum Gasteiger partial charge on any atom is -0.495 e. The van der Waals surface area contributed by atoms with Crippen LogP contribution in [0.2, 0.25) is 0 Å². The summed E-state index contributed by atoms with van der Waals surface area (Å²) >= 11 is 0. The topological polar surface area (TPSA) is 48.4 Å². The second kappa shape index (κ2) is 4.68. The molecule has 0 N–H and O–H groups in total. The van der Waals surface area contributed by atoms with Gasteiger partial charge in [-0.3, -0.25) is 0 Å². The van der Waals surface area contributed by atoms with Crippen molar-refractivity contribution in [1.29, 1.82) is 0 Å². The molecule has 1 heterocycles.